The minimum absolute atomic E-state index is 0.0437. The zero-order valence-corrected chi connectivity index (χ0v) is 22.3. The third kappa shape index (κ3) is 4.22. The van der Waals surface area contributed by atoms with Crippen molar-refractivity contribution in [2.75, 3.05) is 6.61 Å². The van der Waals surface area contributed by atoms with Gasteiger partial charge in [0.2, 0.25) is 5.78 Å². The Morgan fingerprint density at radius 2 is 1.63 bits per heavy atom. The minimum atomic E-state index is -1.70. The first kappa shape index (κ1) is 27.2. The maximum atomic E-state index is 13.8. The summed E-state index contributed by atoms with van der Waals surface area (Å²) in [5.41, 5.74) is -0.962. The summed E-state index contributed by atoms with van der Waals surface area (Å²) in [6, 6.07) is 8.78. The van der Waals surface area contributed by atoms with Gasteiger partial charge in [0.05, 0.1) is 0 Å². The van der Waals surface area contributed by atoms with Gasteiger partial charge in [-0.3, -0.25) is 24.0 Å². The normalized spacial score (nSPS) is 23.8. The number of fused-ring (bicyclic) bond motifs is 5. The number of carbonyl (C=O) groups excluding carboxylic acids is 5. The lowest BCUT2D eigenvalue weighted by Gasteiger charge is -2.47. The third-order valence-electron chi connectivity index (χ3n) is 7.70. The van der Waals surface area contributed by atoms with E-state index in [2.05, 4.69) is 0 Å². The van der Waals surface area contributed by atoms with Crippen molar-refractivity contribution in [3.8, 4) is 5.75 Å². The van der Waals surface area contributed by atoms with Crippen LogP contribution in [-0.4, -0.2) is 41.7 Å². The van der Waals surface area contributed by atoms with Gasteiger partial charge >= 0.3 is 17.9 Å². The van der Waals surface area contributed by atoms with Crippen LogP contribution in [0.1, 0.15) is 76.2 Å². The first-order chi connectivity index (χ1) is 18.0. The highest BCUT2D eigenvalue weighted by molar-refractivity contribution is 6.17. The van der Waals surface area contributed by atoms with Crippen LogP contribution in [0.15, 0.2) is 36.4 Å². The van der Waals surface area contributed by atoms with Crippen LogP contribution in [-0.2, 0) is 28.7 Å². The molecule has 38 heavy (non-hydrogen) atoms. The van der Waals surface area contributed by atoms with Gasteiger partial charge in [0.15, 0.2) is 18.0 Å². The molecule has 0 aromatic heterocycles. The number of ether oxygens (including phenoxy) is 3. The highest BCUT2D eigenvalue weighted by Gasteiger charge is 2.66. The Hall–Kier alpha value is -3.81. The molecule has 0 amide bonds. The van der Waals surface area contributed by atoms with Crippen molar-refractivity contribution in [3.05, 3.63) is 47.5 Å². The number of esters is 3. The molecule has 0 saturated heterocycles. The van der Waals surface area contributed by atoms with Gasteiger partial charge in [-0.15, -0.1) is 0 Å². The lowest BCUT2D eigenvalue weighted by atomic mass is 9.60. The molecule has 4 rings (SSSR count). The molecule has 0 N–H and O–H groups in total. The van der Waals surface area contributed by atoms with E-state index in [1.165, 1.54) is 0 Å². The van der Waals surface area contributed by atoms with Crippen LogP contribution in [0.25, 0.3) is 16.3 Å². The molecule has 0 spiro atoms. The van der Waals surface area contributed by atoms with Crippen molar-refractivity contribution in [2.45, 2.75) is 65.9 Å². The summed E-state index contributed by atoms with van der Waals surface area (Å²) in [7, 11) is 0. The fourth-order valence-corrected chi connectivity index (χ4v) is 5.81. The van der Waals surface area contributed by atoms with Crippen molar-refractivity contribution < 1.29 is 38.2 Å². The summed E-state index contributed by atoms with van der Waals surface area (Å²) in [6.07, 6.45) is 2.20. The average Bonchev–Trinajstić information content (AvgIpc) is 3.12. The molecule has 0 fully saturated rings. The second-order valence-corrected chi connectivity index (χ2v) is 10.0. The molecule has 2 aromatic carbocycles. The Morgan fingerprint density at radius 3 is 2.29 bits per heavy atom. The first-order valence-corrected chi connectivity index (χ1v) is 13.0. The van der Waals surface area contributed by atoms with Crippen molar-refractivity contribution in [2.24, 2.45) is 11.3 Å². The van der Waals surface area contributed by atoms with Crippen LogP contribution in [0.2, 0.25) is 0 Å². The van der Waals surface area contributed by atoms with Gasteiger partial charge in [-0.05, 0) is 40.1 Å². The molecule has 0 radical (unpaired) electrons. The highest BCUT2D eigenvalue weighted by atomic mass is 16.6. The summed E-state index contributed by atoms with van der Waals surface area (Å²) in [4.78, 5) is 63.7. The van der Waals surface area contributed by atoms with Crippen molar-refractivity contribution >= 4 is 45.8 Å². The molecule has 200 valence electrons. The van der Waals surface area contributed by atoms with E-state index in [0.717, 1.165) is 11.0 Å². The van der Waals surface area contributed by atoms with Crippen LogP contribution in [0.3, 0.4) is 0 Å². The number of hydrogen-bond acceptors (Lipinski definition) is 8. The third-order valence-corrected chi connectivity index (χ3v) is 7.70. The van der Waals surface area contributed by atoms with E-state index in [9.17, 15) is 24.0 Å². The standard InChI is InChI=1S/C30H32O8/c1-6-25(33)36-16-24(32)30(38-27(35)8-3)17(4)13-22-21-11-9-18-14-19(37-26(34)7-2)10-12-20(18)28(21)23(31)15-29(22,30)5/h9-14,17H,6-8,15-16H2,1-5H3/t17-,29+,30+/m1/s1. The summed E-state index contributed by atoms with van der Waals surface area (Å²) in [6.45, 7) is 7.96. The quantitative estimate of drug-likeness (QED) is 0.353. The number of Topliss-reactive ketones (excluding diaryl/α,β-unsaturated/α-hetero) is 2. The average molecular weight is 521 g/mol. The monoisotopic (exact) mass is 520 g/mol. The van der Waals surface area contributed by atoms with Gasteiger partial charge < -0.3 is 14.2 Å². The van der Waals surface area contributed by atoms with Gasteiger partial charge in [0.1, 0.15) is 5.75 Å². The Balaban J connectivity index is 1.83. The van der Waals surface area contributed by atoms with Crippen LogP contribution < -0.4 is 4.74 Å². The fraction of sp³-hybridized carbons (Fsp3) is 0.433. The second kappa shape index (κ2) is 10.2. The Bertz CT molecular complexity index is 1390. The number of benzene rings is 2. The SMILES string of the molecule is CCC(=O)OCC(=O)[C@@]1(OC(=O)CC)[C@H](C)C=C2c3ccc4cc(OC(=O)CC)ccc4c3C(=O)C[C@@]21C. The van der Waals surface area contributed by atoms with Crippen LogP contribution in [0.5, 0.6) is 5.75 Å². The minimum Gasteiger partial charge on any atom is -0.457 e. The van der Waals surface area contributed by atoms with E-state index >= 15 is 0 Å². The number of rotatable bonds is 8. The molecule has 0 saturated carbocycles. The van der Waals surface area contributed by atoms with Crippen LogP contribution in [0, 0.1) is 11.3 Å². The molecular formula is C30H32O8. The van der Waals surface area contributed by atoms with E-state index in [1.807, 2.05) is 18.2 Å². The molecule has 8 heteroatoms. The van der Waals surface area contributed by atoms with Crippen LogP contribution in [0.4, 0.5) is 0 Å². The lowest BCUT2D eigenvalue weighted by molar-refractivity contribution is -0.185. The molecule has 2 aromatic rings. The van der Waals surface area contributed by atoms with Crippen LogP contribution >= 0.6 is 0 Å². The number of carbonyl (C=O) groups is 5. The largest absolute Gasteiger partial charge is 0.457 e. The van der Waals surface area contributed by atoms with Gasteiger partial charge in [0.25, 0.3) is 0 Å². The van der Waals surface area contributed by atoms with E-state index < -0.39 is 41.3 Å². The highest BCUT2D eigenvalue weighted by Crippen LogP contribution is 2.61. The summed E-state index contributed by atoms with van der Waals surface area (Å²) < 4.78 is 16.4. The van der Waals surface area contributed by atoms with E-state index in [-0.39, 0.29) is 37.4 Å². The Labute approximate surface area is 221 Å². The van der Waals surface area contributed by atoms with Gasteiger partial charge in [-0.2, -0.15) is 0 Å². The molecule has 0 heterocycles. The number of hydrogen-bond donors (Lipinski definition) is 0. The van der Waals surface area contributed by atoms with Gasteiger partial charge in [-0.1, -0.05) is 52.8 Å². The molecule has 0 aliphatic heterocycles. The number of ketones is 2. The van der Waals surface area contributed by atoms with Crippen molar-refractivity contribution in [1.29, 1.82) is 0 Å². The smallest absolute Gasteiger partial charge is 0.310 e. The lowest BCUT2D eigenvalue weighted by Crippen LogP contribution is -2.59. The fourth-order valence-electron chi connectivity index (χ4n) is 5.81. The molecule has 2 aliphatic carbocycles. The summed E-state index contributed by atoms with van der Waals surface area (Å²) in [5, 5.41) is 1.44. The van der Waals surface area contributed by atoms with Gasteiger partial charge in [-0.25, -0.2) is 0 Å². The van der Waals surface area contributed by atoms with Crippen molar-refractivity contribution in [1.82, 2.24) is 0 Å². The van der Waals surface area contributed by atoms with Crippen molar-refractivity contribution in [3.63, 3.8) is 0 Å². The Kier molecular flexibility index (Phi) is 7.28. The molecule has 0 bridgehead atoms. The zero-order chi connectivity index (χ0) is 27.8. The zero-order valence-electron chi connectivity index (χ0n) is 22.3. The summed E-state index contributed by atoms with van der Waals surface area (Å²) >= 11 is 0. The maximum Gasteiger partial charge on any atom is 0.310 e. The first-order valence-electron chi connectivity index (χ1n) is 13.0. The molecular weight excluding hydrogens is 488 g/mol. The molecule has 2 aliphatic rings. The topological polar surface area (TPSA) is 113 Å². The second-order valence-electron chi connectivity index (χ2n) is 10.0. The predicted molar refractivity (Wildman–Crippen MR) is 139 cm³/mol. The maximum absolute atomic E-state index is 13.8. The Morgan fingerprint density at radius 1 is 0.947 bits per heavy atom. The molecule has 0 unspecified atom stereocenters. The van der Waals surface area contributed by atoms with Gasteiger partial charge in [0, 0.05) is 42.6 Å². The van der Waals surface area contributed by atoms with E-state index in [0.29, 0.717) is 22.3 Å². The molecule has 3 atom stereocenters. The molecule has 8 nitrogen and oxygen atoms in total. The summed E-state index contributed by atoms with van der Waals surface area (Å²) in [5.74, 6) is -2.41. The predicted octanol–water partition coefficient (Wildman–Crippen LogP) is 5.00. The van der Waals surface area contributed by atoms with E-state index in [1.54, 1.807) is 52.8 Å². The van der Waals surface area contributed by atoms with E-state index in [4.69, 9.17) is 14.2 Å².